The van der Waals surface area contributed by atoms with Gasteiger partial charge in [0, 0.05) is 9.80 Å². The van der Waals surface area contributed by atoms with E-state index in [2.05, 4.69) is 63.0 Å². The van der Waals surface area contributed by atoms with E-state index in [-0.39, 0.29) is 5.82 Å². The van der Waals surface area contributed by atoms with E-state index in [0.29, 0.717) is 5.92 Å². The van der Waals surface area contributed by atoms with Crippen LogP contribution in [-0.4, -0.2) is 5.33 Å². The van der Waals surface area contributed by atoms with Crippen LogP contribution in [0.15, 0.2) is 46.9 Å². The van der Waals surface area contributed by atoms with Gasteiger partial charge in [0.1, 0.15) is 5.82 Å². The Morgan fingerprint density at radius 2 is 1.90 bits per heavy atom. The van der Waals surface area contributed by atoms with Gasteiger partial charge in [-0.25, -0.2) is 4.39 Å². The van der Waals surface area contributed by atoms with Crippen LogP contribution in [0.2, 0.25) is 0 Å². The quantitative estimate of drug-likeness (QED) is 0.566. The summed E-state index contributed by atoms with van der Waals surface area (Å²) in [5.74, 6) is 0.268. The molecule has 0 aliphatic rings. The summed E-state index contributed by atoms with van der Waals surface area (Å²) in [6.45, 7) is 2.10. The lowest BCUT2D eigenvalue weighted by molar-refractivity contribution is 0.550. The number of rotatable bonds is 5. The van der Waals surface area contributed by atoms with Crippen LogP contribution in [0.3, 0.4) is 0 Å². The first-order chi connectivity index (χ1) is 9.58. The summed E-state index contributed by atoms with van der Waals surface area (Å²) in [6.07, 6.45) is 1.70. The topological polar surface area (TPSA) is 0 Å². The van der Waals surface area contributed by atoms with Gasteiger partial charge in [0.25, 0.3) is 0 Å². The van der Waals surface area contributed by atoms with Crippen molar-refractivity contribution in [3.63, 3.8) is 0 Å². The van der Waals surface area contributed by atoms with Crippen LogP contribution in [-0.2, 0) is 12.8 Å². The minimum atomic E-state index is -0.122. The standard InChI is InChI=1S/C17H17Br2F/c1-12-3-2-4-13(7-12)8-14(11-18)9-15-10-16(19)5-6-17(15)20/h2-7,10,14H,8-9,11H2,1H3. The molecule has 0 nitrogen and oxygen atoms in total. The number of halogens is 3. The summed E-state index contributed by atoms with van der Waals surface area (Å²) in [7, 11) is 0. The summed E-state index contributed by atoms with van der Waals surface area (Å²) in [5.41, 5.74) is 3.35. The van der Waals surface area contributed by atoms with Gasteiger partial charge in [0.15, 0.2) is 0 Å². The number of aryl methyl sites for hydroxylation is 1. The van der Waals surface area contributed by atoms with Crippen LogP contribution in [0, 0.1) is 18.7 Å². The summed E-state index contributed by atoms with van der Waals surface area (Å²) in [5, 5.41) is 0.868. The van der Waals surface area contributed by atoms with Crippen molar-refractivity contribution in [2.45, 2.75) is 19.8 Å². The van der Waals surface area contributed by atoms with Crippen LogP contribution in [0.1, 0.15) is 16.7 Å². The Kier molecular flexibility index (Phi) is 5.79. The van der Waals surface area contributed by atoms with Crippen molar-refractivity contribution in [1.82, 2.24) is 0 Å². The van der Waals surface area contributed by atoms with Crippen LogP contribution >= 0.6 is 31.9 Å². The zero-order chi connectivity index (χ0) is 14.5. The van der Waals surface area contributed by atoms with Crippen LogP contribution < -0.4 is 0 Å². The number of alkyl halides is 1. The van der Waals surface area contributed by atoms with Crippen molar-refractivity contribution in [2.75, 3.05) is 5.33 Å². The van der Waals surface area contributed by atoms with E-state index in [9.17, 15) is 4.39 Å². The third-order valence-corrected chi connectivity index (χ3v) is 4.75. The smallest absolute Gasteiger partial charge is 0.126 e. The molecular formula is C17H17Br2F. The molecule has 0 fully saturated rings. The van der Waals surface area contributed by atoms with Crippen molar-refractivity contribution in [3.8, 4) is 0 Å². The zero-order valence-electron chi connectivity index (χ0n) is 11.4. The normalized spacial score (nSPS) is 12.4. The van der Waals surface area contributed by atoms with Crippen molar-refractivity contribution in [2.24, 2.45) is 5.92 Å². The molecule has 2 aromatic rings. The highest BCUT2D eigenvalue weighted by molar-refractivity contribution is 9.10. The fraction of sp³-hybridized carbons (Fsp3) is 0.294. The number of hydrogen-bond donors (Lipinski definition) is 0. The third-order valence-electron chi connectivity index (χ3n) is 3.34. The minimum absolute atomic E-state index is 0.122. The van der Waals surface area contributed by atoms with Gasteiger partial charge >= 0.3 is 0 Å². The SMILES string of the molecule is Cc1cccc(CC(CBr)Cc2cc(Br)ccc2F)c1. The molecule has 0 bridgehead atoms. The Balaban J connectivity index is 2.11. The summed E-state index contributed by atoms with van der Waals surface area (Å²) in [6, 6.07) is 13.7. The molecule has 106 valence electrons. The first-order valence-electron chi connectivity index (χ1n) is 6.64. The molecule has 0 aromatic heterocycles. The van der Waals surface area contributed by atoms with Crippen LogP contribution in [0.5, 0.6) is 0 Å². The number of hydrogen-bond acceptors (Lipinski definition) is 0. The van der Waals surface area contributed by atoms with Crippen molar-refractivity contribution < 1.29 is 4.39 Å². The van der Waals surface area contributed by atoms with Crippen LogP contribution in [0.25, 0.3) is 0 Å². The molecule has 0 aliphatic carbocycles. The van der Waals surface area contributed by atoms with Gasteiger partial charge in [0.2, 0.25) is 0 Å². The van der Waals surface area contributed by atoms with E-state index >= 15 is 0 Å². The second kappa shape index (κ2) is 7.37. The molecule has 1 atom stereocenters. The maximum Gasteiger partial charge on any atom is 0.126 e. The maximum absolute atomic E-state index is 13.8. The van der Waals surface area contributed by atoms with Gasteiger partial charge in [-0.1, -0.05) is 61.7 Å². The molecular weight excluding hydrogens is 383 g/mol. The predicted octanol–water partition coefficient (Wildman–Crippen LogP) is 5.69. The zero-order valence-corrected chi connectivity index (χ0v) is 14.5. The minimum Gasteiger partial charge on any atom is -0.207 e. The molecule has 3 heteroatoms. The van der Waals surface area contributed by atoms with E-state index in [4.69, 9.17) is 0 Å². The molecule has 0 saturated carbocycles. The first kappa shape index (κ1) is 15.7. The van der Waals surface area contributed by atoms with Crippen molar-refractivity contribution >= 4 is 31.9 Å². The Hall–Kier alpha value is -0.670. The second-order valence-corrected chi connectivity index (χ2v) is 6.72. The summed E-state index contributed by atoms with van der Waals surface area (Å²) < 4.78 is 14.8. The fourth-order valence-corrected chi connectivity index (χ4v) is 3.23. The summed E-state index contributed by atoms with van der Waals surface area (Å²) >= 11 is 6.96. The predicted molar refractivity (Wildman–Crippen MR) is 90.0 cm³/mol. The third kappa shape index (κ3) is 4.42. The number of benzene rings is 2. The van der Waals surface area contributed by atoms with Gasteiger partial charge < -0.3 is 0 Å². The van der Waals surface area contributed by atoms with E-state index in [1.54, 1.807) is 6.07 Å². The first-order valence-corrected chi connectivity index (χ1v) is 8.55. The average molecular weight is 400 g/mol. The lowest BCUT2D eigenvalue weighted by Crippen LogP contribution is -2.11. The molecule has 0 amide bonds. The maximum atomic E-state index is 13.8. The molecule has 0 spiro atoms. The Bertz CT molecular complexity index is 581. The largest absolute Gasteiger partial charge is 0.207 e. The van der Waals surface area contributed by atoms with E-state index in [1.807, 2.05) is 6.07 Å². The van der Waals surface area contributed by atoms with E-state index < -0.39 is 0 Å². The lowest BCUT2D eigenvalue weighted by Gasteiger charge is -2.15. The van der Waals surface area contributed by atoms with Gasteiger partial charge in [-0.15, -0.1) is 0 Å². The molecule has 20 heavy (non-hydrogen) atoms. The molecule has 0 radical (unpaired) electrons. The summed E-state index contributed by atoms with van der Waals surface area (Å²) in [4.78, 5) is 0. The van der Waals surface area contributed by atoms with Crippen molar-refractivity contribution in [1.29, 1.82) is 0 Å². The van der Waals surface area contributed by atoms with Crippen molar-refractivity contribution in [3.05, 3.63) is 69.4 Å². The average Bonchev–Trinajstić information content (AvgIpc) is 2.42. The van der Waals surface area contributed by atoms with E-state index in [1.165, 1.54) is 17.2 Å². The van der Waals surface area contributed by atoms with Gasteiger partial charge in [-0.3, -0.25) is 0 Å². The van der Waals surface area contributed by atoms with Crippen LogP contribution in [0.4, 0.5) is 4.39 Å². The fourth-order valence-electron chi connectivity index (χ4n) is 2.36. The molecule has 2 aromatic carbocycles. The van der Waals surface area contributed by atoms with Gasteiger partial charge in [-0.2, -0.15) is 0 Å². The Morgan fingerprint density at radius 3 is 2.60 bits per heavy atom. The molecule has 0 saturated heterocycles. The lowest BCUT2D eigenvalue weighted by atomic mass is 9.93. The monoisotopic (exact) mass is 398 g/mol. The highest BCUT2D eigenvalue weighted by atomic mass is 79.9. The molecule has 2 rings (SSSR count). The highest BCUT2D eigenvalue weighted by Crippen LogP contribution is 2.22. The second-order valence-electron chi connectivity index (χ2n) is 5.15. The Labute approximate surface area is 136 Å². The van der Waals surface area contributed by atoms with Gasteiger partial charge in [0.05, 0.1) is 0 Å². The van der Waals surface area contributed by atoms with E-state index in [0.717, 1.165) is 28.2 Å². The Morgan fingerprint density at radius 1 is 1.10 bits per heavy atom. The molecule has 1 unspecified atom stereocenters. The molecule has 0 aliphatic heterocycles. The molecule has 0 heterocycles. The molecule has 0 N–H and O–H groups in total. The highest BCUT2D eigenvalue weighted by Gasteiger charge is 2.13. The van der Waals surface area contributed by atoms with Gasteiger partial charge in [-0.05, 0) is 55.0 Å².